The van der Waals surface area contributed by atoms with Gasteiger partial charge in [-0.3, -0.25) is 13.9 Å². The lowest BCUT2D eigenvalue weighted by molar-refractivity contribution is 0.509. The fourth-order valence-corrected chi connectivity index (χ4v) is 2.78. The predicted molar refractivity (Wildman–Crippen MR) is 81.6 cm³/mol. The zero-order chi connectivity index (χ0) is 15.7. The Kier molecular flexibility index (Phi) is 3.98. The van der Waals surface area contributed by atoms with E-state index >= 15 is 0 Å². The van der Waals surface area contributed by atoms with Crippen molar-refractivity contribution in [1.82, 2.24) is 14.8 Å². The summed E-state index contributed by atoms with van der Waals surface area (Å²) in [6.45, 7) is 1.84. The average Bonchev–Trinajstić information content (AvgIpc) is 2.92. The van der Waals surface area contributed by atoms with Crippen molar-refractivity contribution in [3.05, 3.63) is 48.3 Å². The highest BCUT2D eigenvalue weighted by Gasteiger charge is 2.10. The lowest BCUT2D eigenvalue weighted by atomic mass is 10.1. The largest absolute Gasteiger partial charge is 0.258 e. The topological polar surface area (TPSA) is 47.8 Å². The molecule has 0 saturated carbocycles. The smallest absolute Gasteiger partial charge is 0.159 e. The number of fused-ring (bicyclic) bond motifs is 1. The van der Waals surface area contributed by atoms with Crippen LogP contribution in [0, 0.1) is 11.6 Å². The molecule has 22 heavy (non-hydrogen) atoms. The maximum absolute atomic E-state index is 13.4. The van der Waals surface area contributed by atoms with E-state index in [1.54, 1.807) is 23.1 Å². The van der Waals surface area contributed by atoms with Gasteiger partial charge in [-0.1, -0.05) is 13.0 Å². The van der Waals surface area contributed by atoms with Crippen LogP contribution in [0.2, 0.25) is 0 Å². The Bertz CT molecular complexity index is 863. The summed E-state index contributed by atoms with van der Waals surface area (Å²) in [6, 6.07) is 5.49. The van der Waals surface area contributed by atoms with Gasteiger partial charge in [0.15, 0.2) is 11.6 Å². The Morgan fingerprint density at radius 1 is 1.14 bits per heavy atom. The van der Waals surface area contributed by atoms with Crippen LogP contribution in [0.1, 0.15) is 6.92 Å². The first-order valence-corrected chi connectivity index (χ1v) is 8.19. The minimum atomic E-state index is -1.01. The zero-order valence-electron chi connectivity index (χ0n) is 11.8. The summed E-state index contributed by atoms with van der Waals surface area (Å²) in [5.41, 5.74) is 2.55. The van der Waals surface area contributed by atoms with Crippen LogP contribution in [-0.4, -0.2) is 24.7 Å². The zero-order valence-corrected chi connectivity index (χ0v) is 12.6. The Balaban J connectivity index is 2.06. The molecule has 3 aromatic rings. The molecule has 0 bridgehead atoms. The van der Waals surface area contributed by atoms with Gasteiger partial charge in [-0.2, -0.15) is 5.10 Å². The van der Waals surface area contributed by atoms with E-state index in [1.807, 2.05) is 6.92 Å². The minimum Gasteiger partial charge on any atom is -0.258 e. The van der Waals surface area contributed by atoms with E-state index in [2.05, 4.69) is 10.1 Å². The molecule has 0 fully saturated rings. The van der Waals surface area contributed by atoms with Gasteiger partial charge in [0, 0.05) is 28.3 Å². The lowest BCUT2D eigenvalue weighted by Gasteiger charge is -2.05. The summed E-state index contributed by atoms with van der Waals surface area (Å²) < 4.78 is 39.7. The quantitative estimate of drug-likeness (QED) is 0.742. The standard InChI is InChI=1S/C15H13F2N3OS/c1-2-22(21)9-20-15-6-11(7-18-14(15)8-19-20)10-3-4-12(16)13(17)5-10/h3-8H,2,9H2,1H3. The molecule has 0 amide bonds. The van der Waals surface area contributed by atoms with Gasteiger partial charge in [-0.15, -0.1) is 0 Å². The van der Waals surface area contributed by atoms with Crippen LogP contribution in [0.15, 0.2) is 36.7 Å². The Morgan fingerprint density at radius 2 is 1.95 bits per heavy atom. The predicted octanol–water partition coefficient (Wildman–Crippen LogP) is 3.10. The van der Waals surface area contributed by atoms with Crippen LogP contribution in [0.25, 0.3) is 22.2 Å². The molecular formula is C15H13F2N3OS. The van der Waals surface area contributed by atoms with Crippen molar-refractivity contribution >= 4 is 21.8 Å². The Morgan fingerprint density at radius 3 is 2.68 bits per heavy atom. The van der Waals surface area contributed by atoms with Gasteiger partial charge < -0.3 is 0 Å². The van der Waals surface area contributed by atoms with Gasteiger partial charge >= 0.3 is 0 Å². The van der Waals surface area contributed by atoms with E-state index in [0.29, 0.717) is 27.9 Å². The number of hydrogen-bond acceptors (Lipinski definition) is 3. The molecule has 1 unspecified atom stereocenters. The number of aromatic nitrogens is 3. The average molecular weight is 321 g/mol. The molecule has 0 saturated heterocycles. The van der Waals surface area contributed by atoms with Crippen molar-refractivity contribution < 1.29 is 13.0 Å². The van der Waals surface area contributed by atoms with E-state index in [4.69, 9.17) is 0 Å². The second-order valence-corrected chi connectivity index (χ2v) is 6.47. The van der Waals surface area contributed by atoms with Crippen LogP contribution in [0.3, 0.4) is 0 Å². The van der Waals surface area contributed by atoms with Crippen molar-refractivity contribution in [2.24, 2.45) is 0 Å². The molecule has 0 spiro atoms. The SMILES string of the molecule is CCS(=O)Cn1ncc2ncc(-c3ccc(F)c(F)c3)cc21. The molecule has 0 N–H and O–H groups in total. The fraction of sp³-hybridized carbons (Fsp3) is 0.200. The lowest BCUT2D eigenvalue weighted by Crippen LogP contribution is -2.07. The summed E-state index contributed by atoms with van der Waals surface area (Å²) in [7, 11) is -1.01. The first-order valence-electron chi connectivity index (χ1n) is 6.70. The molecule has 3 rings (SSSR count). The normalized spacial score (nSPS) is 12.7. The highest BCUT2D eigenvalue weighted by Crippen LogP contribution is 2.24. The van der Waals surface area contributed by atoms with E-state index in [1.165, 1.54) is 6.07 Å². The molecule has 0 radical (unpaired) electrons. The highest BCUT2D eigenvalue weighted by atomic mass is 32.2. The summed E-state index contributed by atoms with van der Waals surface area (Å²) in [5.74, 6) is -0.972. The molecule has 2 aromatic heterocycles. The first kappa shape index (κ1) is 14.8. The number of benzene rings is 1. The molecule has 1 aromatic carbocycles. The van der Waals surface area contributed by atoms with E-state index in [9.17, 15) is 13.0 Å². The molecule has 0 aliphatic heterocycles. The third kappa shape index (κ3) is 2.76. The monoisotopic (exact) mass is 321 g/mol. The Labute approximate surface area is 128 Å². The fourth-order valence-electron chi connectivity index (χ4n) is 2.12. The van der Waals surface area contributed by atoms with Crippen molar-refractivity contribution in [2.45, 2.75) is 12.8 Å². The van der Waals surface area contributed by atoms with Crippen LogP contribution in [-0.2, 0) is 16.7 Å². The number of pyridine rings is 1. The maximum atomic E-state index is 13.4. The van der Waals surface area contributed by atoms with E-state index < -0.39 is 22.4 Å². The number of hydrogen-bond donors (Lipinski definition) is 0. The van der Waals surface area contributed by atoms with Gasteiger partial charge in [0.2, 0.25) is 0 Å². The van der Waals surface area contributed by atoms with Crippen LogP contribution < -0.4 is 0 Å². The van der Waals surface area contributed by atoms with Gasteiger partial charge in [-0.25, -0.2) is 8.78 Å². The summed E-state index contributed by atoms with van der Waals surface area (Å²) >= 11 is 0. The third-order valence-electron chi connectivity index (χ3n) is 3.34. The maximum Gasteiger partial charge on any atom is 0.159 e. The van der Waals surface area contributed by atoms with Crippen LogP contribution in [0.5, 0.6) is 0 Å². The van der Waals surface area contributed by atoms with Crippen LogP contribution in [0.4, 0.5) is 8.78 Å². The molecule has 114 valence electrons. The summed E-state index contributed by atoms with van der Waals surface area (Å²) in [4.78, 5) is 4.26. The van der Waals surface area contributed by atoms with Gasteiger partial charge in [0.25, 0.3) is 0 Å². The van der Waals surface area contributed by atoms with Crippen molar-refractivity contribution in [3.63, 3.8) is 0 Å². The first-order chi connectivity index (χ1) is 10.6. The van der Waals surface area contributed by atoms with Gasteiger partial charge in [0.1, 0.15) is 11.4 Å². The second-order valence-electron chi connectivity index (χ2n) is 4.76. The molecule has 0 aliphatic carbocycles. The van der Waals surface area contributed by atoms with E-state index in [0.717, 1.165) is 12.1 Å². The molecule has 7 heteroatoms. The highest BCUT2D eigenvalue weighted by molar-refractivity contribution is 7.83. The van der Waals surface area contributed by atoms with Gasteiger partial charge in [0.05, 0.1) is 11.7 Å². The minimum absolute atomic E-state index is 0.281. The second kappa shape index (κ2) is 5.92. The summed E-state index contributed by atoms with van der Waals surface area (Å²) in [6.07, 6.45) is 3.18. The Hall–Kier alpha value is -2.15. The van der Waals surface area contributed by atoms with Crippen molar-refractivity contribution in [3.8, 4) is 11.1 Å². The molecule has 0 aliphatic rings. The van der Waals surface area contributed by atoms with E-state index in [-0.39, 0.29) is 5.88 Å². The summed E-state index contributed by atoms with van der Waals surface area (Å²) in [5, 5.41) is 4.18. The molecule has 2 heterocycles. The van der Waals surface area contributed by atoms with Crippen LogP contribution >= 0.6 is 0 Å². The molecule has 4 nitrogen and oxygen atoms in total. The molecule has 1 atom stereocenters. The van der Waals surface area contributed by atoms with Gasteiger partial charge in [-0.05, 0) is 23.8 Å². The van der Waals surface area contributed by atoms with Crippen molar-refractivity contribution in [2.75, 3.05) is 5.75 Å². The third-order valence-corrected chi connectivity index (χ3v) is 4.51. The number of rotatable bonds is 4. The molecular weight excluding hydrogens is 308 g/mol. The number of halogens is 2. The van der Waals surface area contributed by atoms with Crippen molar-refractivity contribution in [1.29, 1.82) is 0 Å². The number of nitrogens with zero attached hydrogens (tertiary/aromatic N) is 3.